The summed E-state index contributed by atoms with van der Waals surface area (Å²) in [5.74, 6) is 2.80. The van der Waals surface area contributed by atoms with Crippen LogP contribution < -0.4 is 0 Å². The second-order valence-electron chi connectivity index (χ2n) is 7.35. The zero-order valence-electron chi connectivity index (χ0n) is 15.2. The standard InChI is InChI=1S/C22H30N2/c1-3-17-5-7-19(8-6-17)13-20-9-11-21(12-10-20)14-22-23-15-18(4-2)16-24-22/h9-12,15-17,19H,3-8,13-14H2,1-2H3. The summed E-state index contributed by atoms with van der Waals surface area (Å²) in [7, 11) is 0. The average Bonchev–Trinajstić information content (AvgIpc) is 2.65. The summed E-state index contributed by atoms with van der Waals surface area (Å²) in [6, 6.07) is 9.12. The van der Waals surface area contributed by atoms with Crippen molar-refractivity contribution in [3.63, 3.8) is 0 Å². The van der Waals surface area contributed by atoms with Gasteiger partial charge in [0.2, 0.25) is 0 Å². The molecule has 0 spiro atoms. The minimum Gasteiger partial charge on any atom is -0.241 e. The molecule has 1 heterocycles. The zero-order valence-corrected chi connectivity index (χ0v) is 15.2. The lowest BCUT2D eigenvalue weighted by molar-refractivity contribution is 0.268. The minimum absolute atomic E-state index is 0.825. The molecule has 1 saturated carbocycles. The van der Waals surface area contributed by atoms with Crippen molar-refractivity contribution in [1.29, 1.82) is 0 Å². The van der Waals surface area contributed by atoms with Crippen molar-refractivity contribution >= 4 is 0 Å². The molecule has 0 atom stereocenters. The molecular weight excluding hydrogens is 292 g/mol. The van der Waals surface area contributed by atoms with Gasteiger partial charge in [0.05, 0.1) is 0 Å². The third-order valence-electron chi connectivity index (χ3n) is 5.62. The molecule has 1 fully saturated rings. The van der Waals surface area contributed by atoms with Gasteiger partial charge in [-0.1, -0.05) is 57.4 Å². The molecule has 24 heavy (non-hydrogen) atoms. The molecule has 0 amide bonds. The van der Waals surface area contributed by atoms with E-state index >= 15 is 0 Å². The number of nitrogens with zero attached hydrogens (tertiary/aromatic N) is 2. The molecule has 3 rings (SSSR count). The SMILES string of the molecule is CCc1cnc(Cc2ccc(CC3CCC(CC)CC3)cc2)nc1. The first kappa shape index (κ1) is 17.1. The van der Waals surface area contributed by atoms with E-state index in [9.17, 15) is 0 Å². The van der Waals surface area contributed by atoms with Crippen LogP contribution in [0.4, 0.5) is 0 Å². The van der Waals surface area contributed by atoms with E-state index in [0.717, 1.165) is 30.5 Å². The summed E-state index contributed by atoms with van der Waals surface area (Å²) in [6.07, 6.45) is 14.0. The second-order valence-corrected chi connectivity index (χ2v) is 7.35. The third-order valence-corrected chi connectivity index (χ3v) is 5.62. The van der Waals surface area contributed by atoms with Crippen molar-refractivity contribution in [2.24, 2.45) is 11.8 Å². The Labute approximate surface area is 146 Å². The predicted octanol–water partition coefficient (Wildman–Crippen LogP) is 5.39. The highest BCUT2D eigenvalue weighted by molar-refractivity contribution is 5.25. The number of benzene rings is 1. The number of hydrogen-bond acceptors (Lipinski definition) is 2. The number of aryl methyl sites for hydroxylation is 1. The zero-order chi connectivity index (χ0) is 16.8. The number of hydrogen-bond donors (Lipinski definition) is 0. The Morgan fingerprint density at radius 1 is 0.792 bits per heavy atom. The summed E-state index contributed by atoms with van der Waals surface area (Å²) in [6.45, 7) is 4.47. The second kappa shape index (κ2) is 8.41. The van der Waals surface area contributed by atoms with Crippen LogP contribution >= 0.6 is 0 Å². The van der Waals surface area contributed by atoms with Crippen LogP contribution in [0.1, 0.15) is 68.5 Å². The highest BCUT2D eigenvalue weighted by Crippen LogP contribution is 2.32. The first-order valence-corrected chi connectivity index (χ1v) is 9.64. The van der Waals surface area contributed by atoms with Gasteiger partial charge in [0.1, 0.15) is 5.82 Å². The average molecular weight is 322 g/mol. The summed E-state index contributed by atoms with van der Waals surface area (Å²) < 4.78 is 0. The van der Waals surface area contributed by atoms with Crippen LogP contribution in [0.15, 0.2) is 36.7 Å². The quantitative estimate of drug-likeness (QED) is 0.712. The van der Waals surface area contributed by atoms with Crippen molar-refractivity contribution in [2.75, 3.05) is 0 Å². The molecule has 1 aromatic carbocycles. The molecule has 2 nitrogen and oxygen atoms in total. The van der Waals surface area contributed by atoms with Gasteiger partial charge in [-0.15, -0.1) is 0 Å². The fraction of sp³-hybridized carbons (Fsp3) is 0.545. The fourth-order valence-electron chi connectivity index (χ4n) is 3.81. The topological polar surface area (TPSA) is 25.8 Å². The highest BCUT2D eigenvalue weighted by Gasteiger charge is 2.20. The Kier molecular flexibility index (Phi) is 6.01. The van der Waals surface area contributed by atoms with Crippen molar-refractivity contribution in [2.45, 2.75) is 65.2 Å². The summed E-state index contributed by atoms with van der Waals surface area (Å²) in [5.41, 5.74) is 3.99. The molecule has 0 N–H and O–H groups in total. The third kappa shape index (κ3) is 4.66. The van der Waals surface area contributed by atoms with Gasteiger partial charge >= 0.3 is 0 Å². The van der Waals surface area contributed by atoms with Gasteiger partial charge in [0, 0.05) is 18.8 Å². The van der Waals surface area contributed by atoms with E-state index in [1.165, 1.54) is 55.2 Å². The predicted molar refractivity (Wildman–Crippen MR) is 100 cm³/mol. The molecular formula is C22H30N2. The van der Waals surface area contributed by atoms with E-state index in [4.69, 9.17) is 0 Å². The Hall–Kier alpha value is -1.70. The van der Waals surface area contributed by atoms with E-state index in [0.29, 0.717) is 0 Å². The molecule has 0 radical (unpaired) electrons. The lowest BCUT2D eigenvalue weighted by atomic mass is 9.78. The van der Waals surface area contributed by atoms with E-state index in [1.807, 2.05) is 12.4 Å². The Morgan fingerprint density at radius 3 is 1.96 bits per heavy atom. The van der Waals surface area contributed by atoms with Crippen molar-refractivity contribution < 1.29 is 0 Å². The van der Waals surface area contributed by atoms with Crippen LogP contribution in [0.2, 0.25) is 0 Å². The van der Waals surface area contributed by atoms with Gasteiger partial charge in [0.15, 0.2) is 0 Å². The van der Waals surface area contributed by atoms with E-state index < -0.39 is 0 Å². The summed E-state index contributed by atoms with van der Waals surface area (Å²) >= 11 is 0. The number of rotatable bonds is 6. The van der Waals surface area contributed by atoms with Crippen molar-refractivity contribution in [3.05, 3.63) is 59.2 Å². The summed E-state index contributed by atoms with van der Waals surface area (Å²) in [4.78, 5) is 8.93. The molecule has 0 aliphatic heterocycles. The molecule has 0 bridgehead atoms. The minimum atomic E-state index is 0.825. The summed E-state index contributed by atoms with van der Waals surface area (Å²) in [5, 5.41) is 0. The highest BCUT2D eigenvalue weighted by atomic mass is 14.9. The molecule has 1 aliphatic rings. The smallest absolute Gasteiger partial charge is 0.132 e. The molecule has 1 aromatic heterocycles. The van der Waals surface area contributed by atoms with Crippen LogP contribution in [-0.4, -0.2) is 9.97 Å². The van der Waals surface area contributed by atoms with Gasteiger partial charge in [0.25, 0.3) is 0 Å². The van der Waals surface area contributed by atoms with Gasteiger partial charge in [-0.3, -0.25) is 0 Å². The molecule has 2 heteroatoms. The van der Waals surface area contributed by atoms with Gasteiger partial charge in [-0.2, -0.15) is 0 Å². The van der Waals surface area contributed by atoms with Crippen molar-refractivity contribution in [3.8, 4) is 0 Å². The first-order valence-electron chi connectivity index (χ1n) is 9.64. The van der Waals surface area contributed by atoms with E-state index in [2.05, 4.69) is 48.1 Å². The van der Waals surface area contributed by atoms with E-state index in [-0.39, 0.29) is 0 Å². The van der Waals surface area contributed by atoms with Crippen LogP contribution in [0, 0.1) is 11.8 Å². The van der Waals surface area contributed by atoms with Crippen LogP contribution in [0.3, 0.4) is 0 Å². The van der Waals surface area contributed by atoms with Gasteiger partial charge < -0.3 is 0 Å². The van der Waals surface area contributed by atoms with Crippen LogP contribution in [0.5, 0.6) is 0 Å². The maximum atomic E-state index is 4.46. The number of aromatic nitrogens is 2. The molecule has 2 aromatic rings. The van der Waals surface area contributed by atoms with Crippen LogP contribution in [0.25, 0.3) is 0 Å². The fourth-order valence-corrected chi connectivity index (χ4v) is 3.81. The largest absolute Gasteiger partial charge is 0.241 e. The normalized spacial score (nSPS) is 20.9. The maximum absolute atomic E-state index is 4.46. The molecule has 1 aliphatic carbocycles. The Morgan fingerprint density at radius 2 is 1.38 bits per heavy atom. The lowest BCUT2D eigenvalue weighted by Crippen LogP contribution is -2.15. The van der Waals surface area contributed by atoms with Gasteiger partial charge in [-0.05, 0) is 54.2 Å². The molecule has 0 saturated heterocycles. The monoisotopic (exact) mass is 322 g/mol. The molecule has 0 unspecified atom stereocenters. The Bertz CT molecular complexity index is 607. The first-order chi connectivity index (χ1) is 11.8. The molecule has 128 valence electrons. The van der Waals surface area contributed by atoms with Crippen molar-refractivity contribution in [1.82, 2.24) is 9.97 Å². The lowest BCUT2D eigenvalue weighted by Gasteiger charge is -2.27. The van der Waals surface area contributed by atoms with Crippen LogP contribution in [-0.2, 0) is 19.3 Å². The Balaban J connectivity index is 1.53. The van der Waals surface area contributed by atoms with E-state index in [1.54, 1.807) is 0 Å². The van der Waals surface area contributed by atoms with Gasteiger partial charge in [-0.25, -0.2) is 9.97 Å². The maximum Gasteiger partial charge on any atom is 0.132 e.